The average molecular weight is 230 g/mol. The van der Waals surface area contributed by atoms with Crippen LogP contribution in [0.25, 0.3) is 11.0 Å². The number of benzene rings is 1. The van der Waals surface area contributed by atoms with Crippen LogP contribution in [0.1, 0.15) is 5.76 Å². The van der Waals surface area contributed by atoms with Gasteiger partial charge in [0.1, 0.15) is 11.3 Å². The number of nitrogens with zero attached hydrogens (tertiary/aromatic N) is 1. The second-order valence-electron chi connectivity index (χ2n) is 4.79. The van der Waals surface area contributed by atoms with E-state index >= 15 is 0 Å². The van der Waals surface area contributed by atoms with Crippen LogP contribution in [-0.2, 0) is 6.42 Å². The Balaban J connectivity index is 1.79. The number of rotatable bonds is 2. The normalized spacial score (nSPS) is 22.1. The monoisotopic (exact) mass is 230 g/mol. The molecular weight excluding hydrogens is 212 g/mol. The van der Waals surface area contributed by atoms with Gasteiger partial charge in [0.2, 0.25) is 0 Å². The summed E-state index contributed by atoms with van der Waals surface area (Å²) < 4.78 is 5.86. The Kier molecular flexibility index (Phi) is 2.87. The third-order valence-electron chi connectivity index (χ3n) is 3.56. The first-order chi connectivity index (χ1) is 8.33. The summed E-state index contributed by atoms with van der Waals surface area (Å²) in [6, 6.07) is 10.9. The van der Waals surface area contributed by atoms with E-state index in [1.165, 1.54) is 5.39 Å². The summed E-state index contributed by atoms with van der Waals surface area (Å²) in [5.74, 6) is 1.09. The van der Waals surface area contributed by atoms with Crippen LogP contribution in [0, 0.1) is 0 Å². The highest BCUT2D eigenvalue weighted by Crippen LogP contribution is 2.20. The van der Waals surface area contributed by atoms with E-state index in [0.717, 1.165) is 37.4 Å². The summed E-state index contributed by atoms with van der Waals surface area (Å²) in [7, 11) is 2.19. The van der Waals surface area contributed by atoms with Crippen LogP contribution in [0.4, 0.5) is 0 Å². The third kappa shape index (κ3) is 2.21. The van der Waals surface area contributed by atoms with Gasteiger partial charge in [-0.3, -0.25) is 0 Å². The first-order valence-electron chi connectivity index (χ1n) is 6.21. The van der Waals surface area contributed by atoms with Crippen LogP contribution in [0.3, 0.4) is 0 Å². The fraction of sp³-hybridized carbons (Fsp3) is 0.429. The van der Waals surface area contributed by atoms with E-state index in [1.807, 2.05) is 12.1 Å². The van der Waals surface area contributed by atoms with Gasteiger partial charge in [-0.1, -0.05) is 18.2 Å². The molecule has 3 nitrogen and oxygen atoms in total. The Hall–Kier alpha value is -1.32. The maximum absolute atomic E-state index is 5.86. The molecule has 0 bridgehead atoms. The summed E-state index contributed by atoms with van der Waals surface area (Å²) in [5.41, 5.74) is 0.994. The topological polar surface area (TPSA) is 28.4 Å². The van der Waals surface area contributed by atoms with Gasteiger partial charge in [0, 0.05) is 37.5 Å². The van der Waals surface area contributed by atoms with Crippen LogP contribution < -0.4 is 5.32 Å². The summed E-state index contributed by atoms with van der Waals surface area (Å²) >= 11 is 0. The number of piperazine rings is 1. The van der Waals surface area contributed by atoms with Crippen molar-refractivity contribution in [3.63, 3.8) is 0 Å². The van der Waals surface area contributed by atoms with Crippen molar-refractivity contribution in [3.05, 3.63) is 36.1 Å². The van der Waals surface area contributed by atoms with Crippen molar-refractivity contribution in [2.45, 2.75) is 12.5 Å². The maximum Gasteiger partial charge on any atom is 0.134 e. The van der Waals surface area contributed by atoms with Crippen LogP contribution >= 0.6 is 0 Å². The van der Waals surface area contributed by atoms with E-state index in [-0.39, 0.29) is 0 Å². The lowest BCUT2D eigenvalue weighted by molar-refractivity contribution is 0.193. The quantitative estimate of drug-likeness (QED) is 0.854. The minimum atomic E-state index is 0.546. The van der Waals surface area contributed by atoms with Crippen molar-refractivity contribution >= 4 is 11.0 Å². The van der Waals surface area contributed by atoms with Crippen molar-refractivity contribution in [2.75, 3.05) is 26.7 Å². The first kappa shape index (κ1) is 10.8. The molecular formula is C14H18N2O. The molecule has 1 N–H and O–H groups in total. The molecule has 0 amide bonds. The lowest BCUT2D eigenvalue weighted by Gasteiger charge is -2.32. The zero-order chi connectivity index (χ0) is 11.7. The van der Waals surface area contributed by atoms with Crippen LogP contribution in [0.5, 0.6) is 0 Å². The van der Waals surface area contributed by atoms with Gasteiger partial charge in [0.25, 0.3) is 0 Å². The van der Waals surface area contributed by atoms with E-state index in [4.69, 9.17) is 4.42 Å². The standard InChI is InChI=1S/C14H18N2O/c1-16-7-6-15-10-12(16)9-13-8-11-4-2-3-5-14(11)17-13/h2-5,8,12,15H,6-7,9-10H2,1H3. The minimum Gasteiger partial charge on any atom is -0.461 e. The van der Waals surface area contributed by atoms with Gasteiger partial charge in [-0.05, 0) is 19.2 Å². The molecule has 17 heavy (non-hydrogen) atoms. The molecule has 1 aromatic carbocycles. The summed E-state index contributed by atoms with van der Waals surface area (Å²) in [5, 5.41) is 4.64. The number of fused-ring (bicyclic) bond motifs is 1. The molecule has 1 atom stereocenters. The molecule has 0 spiro atoms. The molecule has 1 saturated heterocycles. The van der Waals surface area contributed by atoms with Gasteiger partial charge in [0.05, 0.1) is 0 Å². The molecule has 1 aliphatic rings. The molecule has 1 fully saturated rings. The van der Waals surface area contributed by atoms with Crippen molar-refractivity contribution in [2.24, 2.45) is 0 Å². The predicted molar refractivity (Wildman–Crippen MR) is 69.2 cm³/mol. The Labute approximate surface area is 101 Å². The highest BCUT2D eigenvalue weighted by molar-refractivity contribution is 5.77. The molecule has 3 heteroatoms. The molecule has 0 saturated carbocycles. The van der Waals surface area contributed by atoms with Gasteiger partial charge in [-0.2, -0.15) is 0 Å². The molecule has 1 aromatic heterocycles. The van der Waals surface area contributed by atoms with Gasteiger partial charge >= 0.3 is 0 Å². The first-order valence-corrected chi connectivity index (χ1v) is 6.21. The molecule has 2 aromatic rings. The van der Waals surface area contributed by atoms with Crippen molar-refractivity contribution in [3.8, 4) is 0 Å². The fourth-order valence-electron chi connectivity index (χ4n) is 2.46. The van der Waals surface area contributed by atoms with Gasteiger partial charge in [-0.25, -0.2) is 0 Å². The van der Waals surface area contributed by atoms with Crippen molar-refractivity contribution < 1.29 is 4.42 Å². The number of hydrogen-bond donors (Lipinski definition) is 1. The number of para-hydroxylation sites is 1. The summed E-state index contributed by atoms with van der Waals surface area (Å²) in [6.07, 6.45) is 0.984. The molecule has 0 aliphatic carbocycles. The molecule has 3 rings (SSSR count). The zero-order valence-electron chi connectivity index (χ0n) is 10.1. The average Bonchev–Trinajstić information content (AvgIpc) is 2.74. The maximum atomic E-state index is 5.86. The Morgan fingerprint density at radius 3 is 3.12 bits per heavy atom. The van der Waals surface area contributed by atoms with Crippen LogP contribution in [-0.4, -0.2) is 37.6 Å². The van der Waals surface area contributed by atoms with Crippen LogP contribution in [0.2, 0.25) is 0 Å². The molecule has 90 valence electrons. The Morgan fingerprint density at radius 1 is 1.41 bits per heavy atom. The van der Waals surface area contributed by atoms with Crippen LogP contribution in [0.15, 0.2) is 34.7 Å². The number of hydrogen-bond acceptors (Lipinski definition) is 3. The molecule has 0 radical (unpaired) electrons. The third-order valence-corrected chi connectivity index (χ3v) is 3.56. The predicted octanol–water partition coefficient (Wildman–Crippen LogP) is 1.88. The number of nitrogens with one attached hydrogen (secondary N) is 1. The zero-order valence-corrected chi connectivity index (χ0v) is 10.1. The van der Waals surface area contributed by atoms with E-state index < -0.39 is 0 Å². The van der Waals surface area contributed by atoms with Crippen molar-refractivity contribution in [1.82, 2.24) is 10.2 Å². The van der Waals surface area contributed by atoms with Gasteiger partial charge in [-0.15, -0.1) is 0 Å². The second-order valence-corrected chi connectivity index (χ2v) is 4.79. The summed E-state index contributed by atoms with van der Waals surface area (Å²) in [6.45, 7) is 3.26. The van der Waals surface area contributed by atoms with E-state index in [1.54, 1.807) is 0 Å². The largest absolute Gasteiger partial charge is 0.461 e. The lowest BCUT2D eigenvalue weighted by atomic mass is 10.1. The minimum absolute atomic E-state index is 0.546. The Morgan fingerprint density at radius 2 is 2.29 bits per heavy atom. The number of furan rings is 1. The van der Waals surface area contributed by atoms with Gasteiger partial charge < -0.3 is 14.6 Å². The van der Waals surface area contributed by atoms with Gasteiger partial charge in [0.15, 0.2) is 0 Å². The van der Waals surface area contributed by atoms with E-state index in [2.05, 4.69) is 35.5 Å². The smallest absolute Gasteiger partial charge is 0.134 e. The Bertz CT molecular complexity index is 473. The number of likely N-dealkylation sites (N-methyl/N-ethyl adjacent to an activating group) is 1. The molecule has 2 heterocycles. The van der Waals surface area contributed by atoms with Crippen molar-refractivity contribution in [1.29, 1.82) is 0 Å². The SMILES string of the molecule is CN1CCNCC1Cc1cc2ccccc2o1. The van der Waals surface area contributed by atoms with E-state index in [9.17, 15) is 0 Å². The fourth-order valence-corrected chi connectivity index (χ4v) is 2.46. The van der Waals surface area contributed by atoms with E-state index in [0.29, 0.717) is 6.04 Å². The highest BCUT2D eigenvalue weighted by Gasteiger charge is 2.20. The highest BCUT2D eigenvalue weighted by atomic mass is 16.3. The summed E-state index contributed by atoms with van der Waals surface area (Å²) in [4.78, 5) is 2.41. The second kappa shape index (κ2) is 4.51. The lowest BCUT2D eigenvalue weighted by Crippen LogP contribution is -2.50. The molecule has 1 unspecified atom stereocenters. The molecule has 1 aliphatic heterocycles.